The molecule has 0 aromatic heterocycles. The molecular formula is C18H32N2O2. The van der Waals surface area contributed by atoms with E-state index in [0.29, 0.717) is 18.7 Å². The zero-order valence-corrected chi connectivity index (χ0v) is 14.2. The summed E-state index contributed by atoms with van der Waals surface area (Å²) in [5.74, 6) is 1.35. The van der Waals surface area contributed by atoms with Gasteiger partial charge in [0, 0.05) is 39.0 Å². The van der Waals surface area contributed by atoms with Crippen LogP contribution in [0.25, 0.3) is 0 Å². The molecule has 2 rings (SSSR count). The maximum atomic E-state index is 12.3. The van der Waals surface area contributed by atoms with Gasteiger partial charge in [-0.2, -0.15) is 0 Å². The van der Waals surface area contributed by atoms with Crippen LogP contribution in [0, 0.1) is 5.92 Å². The molecule has 0 aromatic carbocycles. The Bertz CT molecular complexity index is 356. The van der Waals surface area contributed by atoms with Gasteiger partial charge in [0.15, 0.2) is 0 Å². The summed E-state index contributed by atoms with van der Waals surface area (Å²) in [6, 6.07) is 0. The predicted octanol–water partition coefficient (Wildman–Crippen LogP) is 3.21. The van der Waals surface area contributed by atoms with E-state index in [1.807, 2.05) is 9.80 Å². The fraction of sp³-hybridized carbons (Fsp3) is 0.889. The second kappa shape index (κ2) is 9.16. The molecule has 0 aromatic rings. The maximum Gasteiger partial charge on any atom is 0.222 e. The maximum absolute atomic E-state index is 12.3. The van der Waals surface area contributed by atoms with Gasteiger partial charge in [-0.05, 0) is 18.8 Å². The Morgan fingerprint density at radius 1 is 0.864 bits per heavy atom. The molecule has 1 aliphatic carbocycles. The lowest BCUT2D eigenvalue weighted by molar-refractivity contribution is -0.139. The molecule has 1 aliphatic heterocycles. The van der Waals surface area contributed by atoms with E-state index in [-0.39, 0.29) is 5.91 Å². The Balaban J connectivity index is 1.63. The molecule has 0 bridgehead atoms. The van der Waals surface area contributed by atoms with Gasteiger partial charge < -0.3 is 9.80 Å². The van der Waals surface area contributed by atoms with Gasteiger partial charge >= 0.3 is 0 Å². The molecule has 1 saturated heterocycles. The molecule has 2 fully saturated rings. The van der Waals surface area contributed by atoms with Crippen LogP contribution in [0.4, 0.5) is 0 Å². The van der Waals surface area contributed by atoms with Crippen molar-refractivity contribution in [1.29, 1.82) is 0 Å². The first-order valence-corrected chi connectivity index (χ1v) is 9.26. The number of amides is 2. The molecule has 2 amide bonds. The fourth-order valence-corrected chi connectivity index (χ4v) is 3.67. The number of carbonyl (C=O) groups is 2. The molecule has 1 heterocycles. The van der Waals surface area contributed by atoms with Crippen molar-refractivity contribution in [3.8, 4) is 0 Å². The van der Waals surface area contributed by atoms with Gasteiger partial charge in [-0.3, -0.25) is 9.59 Å². The highest BCUT2D eigenvalue weighted by Gasteiger charge is 2.24. The number of piperazine rings is 1. The minimum atomic E-state index is 0.270. The number of carbonyl (C=O) groups excluding carboxylic acids is 2. The van der Waals surface area contributed by atoms with E-state index >= 15 is 0 Å². The second-order valence-electron chi connectivity index (χ2n) is 6.91. The van der Waals surface area contributed by atoms with Crippen molar-refractivity contribution < 1.29 is 9.59 Å². The van der Waals surface area contributed by atoms with Crippen LogP contribution >= 0.6 is 0 Å². The molecule has 0 unspecified atom stereocenters. The zero-order chi connectivity index (χ0) is 15.8. The average molecular weight is 308 g/mol. The van der Waals surface area contributed by atoms with Crippen molar-refractivity contribution in [2.75, 3.05) is 26.2 Å². The molecule has 0 N–H and O–H groups in total. The van der Waals surface area contributed by atoms with Gasteiger partial charge in [-0.25, -0.2) is 0 Å². The van der Waals surface area contributed by atoms with E-state index in [9.17, 15) is 9.59 Å². The van der Waals surface area contributed by atoms with Gasteiger partial charge in [0.1, 0.15) is 0 Å². The van der Waals surface area contributed by atoms with E-state index < -0.39 is 0 Å². The van der Waals surface area contributed by atoms with Gasteiger partial charge in [0.25, 0.3) is 0 Å². The summed E-state index contributed by atoms with van der Waals surface area (Å²) in [5.41, 5.74) is 0. The third kappa shape index (κ3) is 5.29. The number of hydrogen-bond acceptors (Lipinski definition) is 2. The Labute approximate surface area is 135 Å². The summed E-state index contributed by atoms with van der Waals surface area (Å²) in [4.78, 5) is 28.2. The summed E-state index contributed by atoms with van der Waals surface area (Å²) < 4.78 is 0. The smallest absolute Gasteiger partial charge is 0.222 e. The second-order valence-corrected chi connectivity index (χ2v) is 6.91. The first-order valence-electron chi connectivity index (χ1n) is 9.26. The fourth-order valence-electron chi connectivity index (χ4n) is 3.67. The van der Waals surface area contributed by atoms with Crippen LogP contribution in [0.1, 0.15) is 71.1 Å². The van der Waals surface area contributed by atoms with Crippen LogP contribution in [0.2, 0.25) is 0 Å². The third-order valence-corrected chi connectivity index (χ3v) is 5.22. The standard InChI is InChI=1S/C18H32N2O2/c1-2-3-4-9-17(21)19-12-14-20(15-13-19)18(22)11-10-16-7-5-6-8-16/h16H,2-15H2,1H3. The third-order valence-electron chi connectivity index (χ3n) is 5.22. The van der Waals surface area contributed by atoms with E-state index in [1.54, 1.807) is 0 Å². The largest absolute Gasteiger partial charge is 0.339 e. The Morgan fingerprint density at radius 3 is 1.95 bits per heavy atom. The molecule has 4 nitrogen and oxygen atoms in total. The van der Waals surface area contributed by atoms with Crippen molar-refractivity contribution in [1.82, 2.24) is 9.80 Å². The highest BCUT2D eigenvalue weighted by Crippen LogP contribution is 2.28. The Kier molecular flexibility index (Phi) is 7.20. The lowest BCUT2D eigenvalue weighted by atomic mass is 10.0. The SMILES string of the molecule is CCCCCC(=O)N1CCN(C(=O)CCC2CCCC2)CC1. The van der Waals surface area contributed by atoms with Crippen LogP contribution < -0.4 is 0 Å². The van der Waals surface area contributed by atoms with Crippen molar-refractivity contribution in [3.63, 3.8) is 0 Å². The summed E-state index contributed by atoms with van der Waals surface area (Å²) in [6.45, 7) is 5.05. The normalized spacial score (nSPS) is 19.7. The predicted molar refractivity (Wildman–Crippen MR) is 88.5 cm³/mol. The van der Waals surface area contributed by atoms with Gasteiger partial charge in [0.2, 0.25) is 11.8 Å². The van der Waals surface area contributed by atoms with Crippen LogP contribution in [-0.4, -0.2) is 47.8 Å². The van der Waals surface area contributed by atoms with Crippen LogP contribution in [0.3, 0.4) is 0 Å². The van der Waals surface area contributed by atoms with Crippen molar-refractivity contribution >= 4 is 11.8 Å². The molecular weight excluding hydrogens is 276 g/mol. The molecule has 0 atom stereocenters. The first-order chi connectivity index (χ1) is 10.7. The highest BCUT2D eigenvalue weighted by molar-refractivity contribution is 5.78. The number of rotatable bonds is 7. The molecule has 2 aliphatic rings. The first kappa shape index (κ1) is 17.3. The Hall–Kier alpha value is -1.06. The Morgan fingerprint density at radius 2 is 1.41 bits per heavy atom. The number of unbranched alkanes of at least 4 members (excludes halogenated alkanes) is 2. The molecule has 1 saturated carbocycles. The van der Waals surface area contributed by atoms with E-state index in [4.69, 9.17) is 0 Å². The van der Waals surface area contributed by atoms with E-state index in [2.05, 4.69) is 6.92 Å². The topological polar surface area (TPSA) is 40.6 Å². The molecule has 22 heavy (non-hydrogen) atoms. The quantitative estimate of drug-likeness (QED) is 0.678. The van der Waals surface area contributed by atoms with Crippen LogP contribution in [-0.2, 0) is 9.59 Å². The lowest BCUT2D eigenvalue weighted by Gasteiger charge is -2.35. The molecule has 126 valence electrons. The van der Waals surface area contributed by atoms with Crippen molar-refractivity contribution in [3.05, 3.63) is 0 Å². The summed E-state index contributed by atoms with van der Waals surface area (Å²) >= 11 is 0. The number of hydrogen-bond donors (Lipinski definition) is 0. The molecule has 4 heteroatoms. The number of nitrogens with zero attached hydrogens (tertiary/aromatic N) is 2. The van der Waals surface area contributed by atoms with E-state index in [0.717, 1.165) is 57.8 Å². The summed E-state index contributed by atoms with van der Waals surface area (Å²) in [5, 5.41) is 0. The molecule has 0 radical (unpaired) electrons. The van der Waals surface area contributed by atoms with Crippen molar-refractivity contribution in [2.45, 2.75) is 71.1 Å². The van der Waals surface area contributed by atoms with Gasteiger partial charge in [0.05, 0.1) is 0 Å². The summed E-state index contributed by atoms with van der Waals surface area (Å²) in [7, 11) is 0. The highest BCUT2D eigenvalue weighted by atomic mass is 16.2. The minimum absolute atomic E-state index is 0.270. The van der Waals surface area contributed by atoms with E-state index in [1.165, 1.54) is 25.7 Å². The van der Waals surface area contributed by atoms with Crippen LogP contribution in [0.15, 0.2) is 0 Å². The zero-order valence-electron chi connectivity index (χ0n) is 14.2. The summed E-state index contributed by atoms with van der Waals surface area (Å²) in [6.07, 6.45) is 11.0. The minimum Gasteiger partial charge on any atom is -0.339 e. The average Bonchev–Trinajstić information content (AvgIpc) is 3.06. The van der Waals surface area contributed by atoms with Gasteiger partial charge in [-0.15, -0.1) is 0 Å². The molecule has 0 spiro atoms. The van der Waals surface area contributed by atoms with Crippen molar-refractivity contribution in [2.24, 2.45) is 5.92 Å². The lowest BCUT2D eigenvalue weighted by Crippen LogP contribution is -2.50. The monoisotopic (exact) mass is 308 g/mol. The van der Waals surface area contributed by atoms with Crippen LogP contribution in [0.5, 0.6) is 0 Å². The van der Waals surface area contributed by atoms with Gasteiger partial charge in [-0.1, -0.05) is 45.4 Å².